The summed E-state index contributed by atoms with van der Waals surface area (Å²) in [5, 5.41) is 3.23. The van der Waals surface area contributed by atoms with Gasteiger partial charge >= 0.3 is 0 Å². The number of ether oxygens (including phenoxy) is 1. The molecule has 3 rings (SSSR count). The second-order valence-electron chi connectivity index (χ2n) is 7.23. The third-order valence-corrected chi connectivity index (χ3v) is 6.80. The number of anilines is 2. The van der Waals surface area contributed by atoms with Crippen LogP contribution in [0.15, 0.2) is 71.6 Å². The molecular weight excluding hydrogens is 448 g/mol. The third kappa shape index (κ3) is 5.41. The van der Waals surface area contributed by atoms with Crippen LogP contribution in [0, 0.1) is 13.8 Å². The molecule has 0 unspecified atom stereocenters. The first kappa shape index (κ1) is 23.6. The Morgan fingerprint density at radius 1 is 1.03 bits per heavy atom. The van der Waals surface area contributed by atoms with Crippen molar-refractivity contribution in [3.63, 3.8) is 0 Å². The van der Waals surface area contributed by atoms with Gasteiger partial charge in [-0.05, 0) is 68.8 Å². The van der Waals surface area contributed by atoms with E-state index in [-0.39, 0.29) is 10.6 Å². The van der Waals surface area contributed by atoms with Crippen LogP contribution in [0.2, 0.25) is 5.02 Å². The van der Waals surface area contributed by atoms with E-state index in [1.165, 1.54) is 24.3 Å². The zero-order valence-electron chi connectivity index (χ0n) is 18.1. The lowest BCUT2D eigenvalue weighted by Crippen LogP contribution is -2.38. The smallest absolute Gasteiger partial charge is 0.264 e. The summed E-state index contributed by atoms with van der Waals surface area (Å²) in [6.45, 7) is 5.57. The van der Waals surface area contributed by atoms with Crippen molar-refractivity contribution in [2.45, 2.75) is 25.7 Å². The van der Waals surface area contributed by atoms with Crippen molar-refractivity contribution < 1.29 is 17.9 Å². The Morgan fingerprint density at radius 2 is 1.72 bits per heavy atom. The van der Waals surface area contributed by atoms with Gasteiger partial charge in [0.25, 0.3) is 10.0 Å². The van der Waals surface area contributed by atoms with Crippen molar-refractivity contribution in [1.82, 2.24) is 0 Å². The van der Waals surface area contributed by atoms with E-state index >= 15 is 0 Å². The number of aryl methyl sites for hydroxylation is 2. The quantitative estimate of drug-likeness (QED) is 0.489. The monoisotopic (exact) mass is 472 g/mol. The summed E-state index contributed by atoms with van der Waals surface area (Å²) in [7, 11) is -4.08. The van der Waals surface area contributed by atoms with E-state index in [4.69, 9.17) is 16.3 Å². The van der Waals surface area contributed by atoms with Gasteiger partial charge in [-0.15, -0.1) is 0 Å². The Balaban J connectivity index is 2.01. The molecule has 0 bridgehead atoms. The molecule has 0 saturated carbocycles. The molecular formula is C24H25ClN2O4S. The summed E-state index contributed by atoms with van der Waals surface area (Å²) in [4.78, 5) is 13.0. The Hall–Kier alpha value is -3.03. The van der Waals surface area contributed by atoms with Crippen LogP contribution in [-0.2, 0) is 14.8 Å². The van der Waals surface area contributed by atoms with Crippen molar-refractivity contribution in [2.24, 2.45) is 0 Å². The maximum atomic E-state index is 13.5. The zero-order valence-corrected chi connectivity index (χ0v) is 19.7. The Labute approximate surface area is 193 Å². The molecule has 1 N–H and O–H groups in total. The van der Waals surface area contributed by atoms with Crippen LogP contribution in [0.1, 0.15) is 18.1 Å². The highest BCUT2D eigenvalue weighted by atomic mass is 35.5. The molecule has 0 radical (unpaired) electrons. The summed E-state index contributed by atoms with van der Waals surface area (Å²) in [6.07, 6.45) is 0. The fraction of sp³-hybridized carbons (Fsp3) is 0.208. The van der Waals surface area contributed by atoms with Crippen molar-refractivity contribution >= 4 is 38.9 Å². The second-order valence-corrected chi connectivity index (χ2v) is 9.53. The molecule has 3 aromatic carbocycles. The molecule has 0 fully saturated rings. The maximum Gasteiger partial charge on any atom is 0.264 e. The van der Waals surface area contributed by atoms with Gasteiger partial charge in [0.2, 0.25) is 5.91 Å². The number of para-hydroxylation sites is 2. The molecule has 0 heterocycles. The van der Waals surface area contributed by atoms with Crippen molar-refractivity contribution in [2.75, 3.05) is 22.8 Å². The number of nitrogens with zero attached hydrogens (tertiary/aromatic N) is 1. The predicted molar refractivity (Wildman–Crippen MR) is 128 cm³/mol. The van der Waals surface area contributed by atoms with Gasteiger partial charge in [-0.25, -0.2) is 8.42 Å². The van der Waals surface area contributed by atoms with Crippen molar-refractivity contribution in [3.8, 4) is 5.75 Å². The molecule has 1 amide bonds. The van der Waals surface area contributed by atoms with E-state index in [1.54, 1.807) is 30.3 Å². The van der Waals surface area contributed by atoms with Crippen LogP contribution < -0.4 is 14.4 Å². The van der Waals surface area contributed by atoms with Crippen LogP contribution in [0.25, 0.3) is 0 Å². The predicted octanol–water partition coefficient (Wildman–Crippen LogP) is 5.19. The number of hydrogen-bond acceptors (Lipinski definition) is 4. The fourth-order valence-electron chi connectivity index (χ4n) is 3.25. The highest BCUT2D eigenvalue weighted by molar-refractivity contribution is 7.92. The summed E-state index contributed by atoms with van der Waals surface area (Å²) in [5.41, 5.74) is 2.86. The van der Waals surface area contributed by atoms with Crippen LogP contribution in [0.4, 0.5) is 11.4 Å². The minimum Gasteiger partial charge on any atom is -0.492 e. The van der Waals surface area contributed by atoms with Crippen molar-refractivity contribution in [3.05, 3.63) is 82.9 Å². The number of sulfonamides is 1. The lowest BCUT2D eigenvalue weighted by Gasteiger charge is -2.26. The van der Waals surface area contributed by atoms with Gasteiger partial charge < -0.3 is 10.1 Å². The maximum absolute atomic E-state index is 13.5. The number of hydrogen-bond donors (Lipinski definition) is 1. The average Bonchev–Trinajstić information content (AvgIpc) is 2.75. The highest BCUT2D eigenvalue weighted by Crippen LogP contribution is 2.33. The molecule has 0 aliphatic carbocycles. The van der Waals surface area contributed by atoms with Gasteiger partial charge in [0.1, 0.15) is 12.3 Å². The van der Waals surface area contributed by atoms with Gasteiger partial charge in [0.15, 0.2) is 0 Å². The van der Waals surface area contributed by atoms with Gasteiger partial charge in [-0.3, -0.25) is 9.10 Å². The SMILES string of the molecule is CCOc1ccccc1N(CC(=O)Nc1ccc(C)cc1C)S(=O)(=O)c1ccc(Cl)cc1. The minimum absolute atomic E-state index is 0.0208. The molecule has 32 heavy (non-hydrogen) atoms. The molecule has 0 aromatic heterocycles. The van der Waals surface area contributed by atoms with Crippen molar-refractivity contribution in [1.29, 1.82) is 0 Å². The third-order valence-electron chi connectivity index (χ3n) is 4.78. The van der Waals surface area contributed by atoms with E-state index < -0.39 is 22.5 Å². The first-order valence-corrected chi connectivity index (χ1v) is 11.9. The van der Waals surface area contributed by atoms with Crippen LogP contribution in [-0.4, -0.2) is 27.5 Å². The standard InChI is InChI=1S/C24H25ClN2O4S/c1-4-31-23-8-6-5-7-22(23)27(32(29,30)20-12-10-19(25)11-13-20)16-24(28)26-21-14-9-17(2)15-18(21)3/h5-15H,4,16H2,1-3H3,(H,26,28). The molecule has 0 saturated heterocycles. The Bertz CT molecular complexity index is 1210. The molecule has 168 valence electrons. The van der Waals surface area contributed by atoms with Gasteiger partial charge in [-0.1, -0.05) is 41.4 Å². The number of carbonyl (C=O) groups excluding carboxylic acids is 1. The summed E-state index contributed by atoms with van der Waals surface area (Å²) in [6, 6.07) is 18.2. The lowest BCUT2D eigenvalue weighted by molar-refractivity contribution is -0.114. The number of amides is 1. The van der Waals surface area contributed by atoms with Crippen LogP contribution >= 0.6 is 11.6 Å². The molecule has 0 atom stereocenters. The molecule has 6 nitrogen and oxygen atoms in total. The zero-order chi connectivity index (χ0) is 23.3. The molecule has 0 spiro atoms. The van der Waals surface area contributed by atoms with Gasteiger partial charge in [-0.2, -0.15) is 0 Å². The first-order valence-electron chi connectivity index (χ1n) is 10.1. The number of benzene rings is 3. The average molecular weight is 473 g/mol. The first-order chi connectivity index (χ1) is 15.2. The normalized spacial score (nSPS) is 11.1. The second kappa shape index (κ2) is 10.1. The minimum atomic E-state index is -4.08. The Kier molecular flexibility index (Phi) is 7.43. The van der Waals surface area contributed by atoms with Crippen LogP contribution in [0.3, 0.4) is 0 Å². The topological polar surface area (TPSA) is 75.7 Å². The van der Waals surface area contributed by atoms with E-state index in [1.807, 2.05) is 32.9 Å². The summed E-state index contributed by atoms with van der Waals surface area (Å²) in [5.74, 6) is -0.104. The number of nitrogens with one attached hydrogen (secondary N) is 1. The number of rotatable bonds is 8. The van der Waals surface area contributed by atoms with E-state index in [0.717, 1.165) is 15.4 Å². The van der Waals surface area contributed by atoms with E-state index in [9.17, 15) is 13.2 Å². The van der Waals surface area contributed by atoms with E-state index in [2.05, 4.69) is 5.32 Å². The van der Waals surface area contributed by atoms with E-state index in [0.29, 0.717) is 23.1 Å². The lowest BCUT2D eigenvalue weighted by atomic mass is 10.1. The number of carbonyl (C=O) groups is 1. The fourth-order valence-corrected chi connectivity index (χ4v) is 4.81. The number of halogens is 1. The molecule has 0 aliphatic heterocycles. The van der Waals surface area contributed by atoms with Gasteiger partial charge in [0, 0.05) is 10.7 Å². The van der Waals surface area contributed by atoms with Gasteiger partial charge in [0.05, 0.1) is 17.2 Å². The molecule has 3 aromatic rings. The Morgan fingerprint density at radius 3 is 2.38 bits per heavy atom. The summed E-state index contributed by atoms with van der Waals surface area (Å²) < 4.78 is 33.8. The largest absolute Gasteiger partial charge is 0.492 e. The van der Waals surface area contributed by atoms with Crippen LogP contribution in [0.5, 0.6) is 5.75 Å². The molecule has 0 aliphatic rings. The highest BCUT2D eigenvalue weighted by Gasteiger charge is 2.29. The molecule has 8 heteroatoms. The summed E-state index contributed by atoms with van der Waals surface area (Å²) >= 11 is 5.93.